The van der Waals surface area contributed by atoms with Gasteiger partial charge in [-0.25, -0.2) is 0 Å². The first-order valence-corrected chi connectivity index (χ1v) is 7.53. The minimum atomic E-state index is 0.274. The van der Waals surface area contributed by atoms with Crippen LogP contribution in [0.25, 0.3) is 0 Å². The fraction of sp³-hybridized carbons (Fsp3) is 1.00. The van der Waals surface area contributed by atoms with E-state index in [-0.39, 0.29) is 5.41 Å². The van der Waals surface area contributed by atoms with Crippen molar-refractivity contribution in [3.63, 3.8) is 0 Å². The normalized spacial score (nSPS) is 28.2. The summed E-state index contributed by atoms with van der Waals surface area (Å²) in [6.45, 7) is 12.5. The van der Waals surface area contributed by atoms with Crippen LogP contribution in [0, 0.1) is 5.41 Å². The summed E-state index contributed by atoms with van der Waals surface area (Å²) in [6.07, 6.45) is 4.99. The molecule has 0 amide bonds. The topological polar surface area (TPSA) is 30.5 Å². The molecule has 1 saturated heterocycles. The Labute approximate surface area is 113 Å². The lowest BCUT2D eigenvalue weighted by Gasteiger charge is -2.33. The van der Waals surface area contributed by atoms with Gasteiger partial charge in [-0.15, -0.1) is 0 Å². The molecule has 0 aromatic heterocycles. The lowest BCUT2D eigenvalue weighted by molar-refractivity contribution is 0.0317. The third-order valence-electron chi connectivity index (χ3n) is 4.08. The molecule has 1 aliphatic rings. The van der Waals surface area contributed by atoms with Crippen LogP contribution >= 0.6 is 0 Å². The van der Waals surface area contributed by atoms with Crippen molar-refractivity contribution in [2.24, 2.45) is 5.41 Å². The Morgan fingerprint density at radius 2 is 2.17 bits per heavy atom. The van der Waals surface area contributed by atoms with Crippen molar-refractivity contribution in [3.05, 3.63) is 0 Å². The number of hydrogen-bond acceptors (Lipinski definition) is 3. The highest BCUT2D eigenvalue weighted by atomic mass is 16.5. The van der Waals surface area contributed by atoms with Crippen LogP contribution in [0.15, 0.2) is 0 Å². The summed E-state index contributed by atoms with van der Waals surface area (Å²) in [5.41, 5.74) is 0.274. The van der Waals surface area contributed by atoms with Crippen molar-refractivity contribution >= 4 is 0 Å². The zero-order valence-electron chi connectivity index (χ0n) is 12.6. The molecule has 3 heteroatoms. The van der Waals surface area contributed by atoms with Gasteiger partial charge in [0.2, 0.25) is 0 Å². The molecule has 3 nitrogen and oxygen atoms in total. The van der Waals surface area contributed by atoms with Crippen molar-refractivity contribution in [1.82, 2.24) is 5.32 Å². The summed E-state index contributed by atoms with van der Waals surface area (Å²) < 4.78 is 11.5. The number of hydrogen-bond donors (Lipinski definition) is 1. The molecule has 1 N–H and O–H groups in total. The molecule has 2 atom stereocenters. The highest BCUT2D eigenvalue weighted by Crippen LogP contribution is 2.37. The lowest BCUT2D eigenvalue weighted by atomic mass is 9.78. The predicted molar refractivity (Wildman–Crippen MR) is 75.9 cm³/mol. The summed E-state index contributed by atoms with van der Waals surface area (Å²) in [5, 5.41) is 3.58. The fourth-order valence-electron chi connectivity index (χ4n) is 2.50. The van der Waals surface area contributed by atoms with Crippen LogP contribution in [0.5, 0.6) is 0 Å². The van der Waals surface area contributed by atoms with Gasteiger partial charge in [0.25, 0.3) is 0 Å². The van der Waals surface area contributed by atoms with Gasteiger partial charge in [-0.3, -0.25) is 0 Å². The zero-order chi connectivity index (χ0) is 13.4. The van der Waals surface area contributed by atoms with Gasteiger partial charge in [0.05, 0.1) is 6.10 Å². The van der Waals surface area contributed by atoms with Gasteiger partial charge in [-0.2, -0.15) is 0 Å². The number of rotatable bonds is 9. The molecule has 1 heterocycles. The quantitative estimate of drug-likeness (QED) is 0.644. The van der Waals surface area contributed by atoms with Crippen molar-refractivity contribution in [2.75, 3.05) is 26.4 Å². The van der Waals surface area contributed by atoms with E-state index in [4.69, 9.17) is 9.47 Å². The maximum absolute atomic E-state index is 5.78. The van der Waals surface area contributed by atoms with E-state index >= 15 is 0 Å². The van der Waals surface area contributed by atoms with Gasteiger partial charge in [0, 0.05) is 37.8 Å². The Balaban J connectivity index is 2.35. The van der Waals surface area contributed by atoms with Crippen LogP contribution < -0.4 is 5.32 Å². The summed E-state index contributed by atoms with van der Waals surface area (Å²) >= 11 is 0. The number of nitrogens with one attached hydrogen (secondary N) is 1. The van der Waals surface area contributed by atoms with E-state index in [0.29, 0.717) is 12.1 Å². The molecular weight excluding hydrogens is 226 g/mol. The van der Waals surface area contributed by atoms with Crippen molar-refractivity contribution < 1.29 is 9.47 Å². The van der Waals surface area contributed by atoms with E-state index < -0.39 is 0 Å². The summed E-state index contributed by atoms with van der Waals surface area (Å²) in [7, 11) is 0. The van der Waals surface area contributed by atoms with E-state index in [0.717, 1.165) is 39.2 Å². The maximum atomic E-state index is 5.78. The summed E-state index contributed by atoms with van der Waals surface area (Å²) in [4.78, 5) is 0. The Morgan fingerprint density at radius 3 is 2.72 bits per heavy atom. The van der Waals surface area contributed by atoms with Gasteiger partial charge in [0.1, 0.15) is 0 Å². The zero-order valence-corrected chi connectivity index (χ0v) is 12.6. The van der Waals surface area contributed by atoms with Crippen LogP contribution in [-0.4, -0.2) is 38.5 Å². The Morgan fingerprint density at radius 1 is 1.39 bits per heavy atom. The molecule has 1 fully saturated rings. The van der Waals surface area contributed by atoms with E-state index in [1.807, 2.05) is 0 Å². The molecule has 18 heavy (non-hydrogen) atoms. The maximum Gasteiger partial charge on any atom is 0.0617 e. The minimum Gasteiger partial charge on any atom is -0.381 e. The summed E-state index contributed by atoms with van der Waals surface area (Å²) in [6, 6.07) is 0.538. The molecule has 0 aromatic carbocycles. The van der Waals surface area contributed by atoms with Gasteiger partial charge in [-0.1, -0.05) is 27.2 Å². The van der Waals surface area contributed by atoms with Gasteiger partial charge >= 0.3 is 0 Å². The van der Waals surface area contributed by atoms with Crippen molar-refractivity contribution in [3.8, 4) is 0 Å². The smallest absolute Gasteiger partial charge is 0.0617 e. The Hall–Kier alpha value is -0.120. The van der Waals surface area contributed by atoms with E-state index in [2.05, 4.69) is 33.0 Å². The molecule has 0 radical (unpaired) electrons. The van der Waals surface area contributed by atoms with E-state index in [1.165, 1.54) is 12.8 Å². The molecule has 0 bridgehead atoms. The third kappa shape index (κ3) is 4.87. The molecule has 0 aromatic rings. The first-order valence-electron chi connectivity index (χ1n) is 7.53. The molecule has 2 unspecified atom stereocenters. The van der Waals surface area contributed by atoms with Crippen molar-refractivity contribution in [2.45, 2.75) is 65.5 Å². The molecule has 0 spiro atoms. The monoisotopic (exact) mass is 257 g/mol. The fourth-order valence-corrected chi connectivity index (χ4v) is 2.50. The largest absolute Gasteiger partial charge is 0.381 e. The molecular formula is C15H31NO2. The number of unbranched alkanes of at least 4 members (excludes halogenated alkanes) is 1. The highest BCUT2D eigenvalue weighted by molar-refractivity contribution is 4.91. The average Bonchev–Trinajstić information content (AvgIpc) is 2.69. The second-order valence-corrected chi connectivity index (χ2v) is 5.88. The second kappa shape index (κ2) is 8.13. The predicted octanol–water partition coefficient (Wildman–Crippen LogP) is 2.99. The van der Waals surface area contributed by atoms with Crippen LogP contribution in [-0.2, 0) is 9.47 Å². The SMILES string of the molecule is CCCCOCCC1(CNC(C)C)CCOC1C. The first kappa shape index (κ1) is 15.9. The highest BCUT2D eigenvalue weighted by Gasteiger charge is 2.40. The van der Waals surface area contributed by atoms with E-state index in [1.54, 1.807) is 0 Å². The van der Waals surface area contributed by atoms with Gasteiger partial charge in [0.15, 0.2) is 0 Å². The molecule has 1 aliphatic heterocycles. The standard InChI is InChI=1S/C15H31NO2/c1-5-6-9-17-10-7-15(12-16-13(2)3)8-11-18-14(15)4/h13-14,16H,5-12H2,1-4H3. The lowest BCUT2D eigenvalue weighted by Crippen LogP contribution is -2.42. The second-order valence-electron chi connectivity index (χ2n) is 5.88. The van der Waals surface area contributed by atoms with Crippen LogP contribution in [0.1, 0.15) is 53.4 Å². The molecule has 0 saturated carbocycles. The molecule has 108 valence electrons. The van der Waals surface area contributed by atoms with Gasteiger partial charge in [-0.05, 0) is 26.2 Å². The van der Waals surface area contributed by atoms with Crippen LogP contribution in [0.3, 0.4) is 0 Å². The molecule has 0 aliphatic carbocycles. The van der Waals surface area contributed by atoms with Gasteiger partial charge < -0.3 is 14.8 Å². The number of ether oxygens (including phenoxy) is 2. The van der Waals surface area contributed by atoms with Crippen LogP contribution in [0.2, 0.25) is 0 Å². The third-order valence-corrected chi connectivity index (χ3v) is 4.08. The van der Waals surface area contributed by atoms with Crippen LogP contribution in [0.4, 0.5) is 0 Å². The first-order chi connectivity index (χ1) is 8.60. The average molecular weight is 257 g/mol. The Bertz CT molecular complexity index is 221. The van der Waals surface area contributed by atoms with Crippen molar-refractivity contribution in [1.29, 1.82) is 0 Å². The summed E-state index contributed by atoms with van der Waals surface area (Å²) in [5.74, 6) is 0. The van der Waals surface area contributed by atoms with E-state index in [9.17, 15) is 0 Å². The Kier molecular flexibility index (Phi) is 7.20. The minimum absolute atomic E-state index is 0.274. The molecule has 1 rings (SSSR count).